The third kappa shape index (κ3) is 6.72. The Kier molecular flexibility index (Phi) is 7.34. The molecule has 1 fully saturated rings. The summed E-state index contributed by atoms with van der Waals surface area (Å²) in [5.41, 5.74) is 0.995. The van der Waals surface area contributed by atoms with Gasteiger partial charge in [-0.15, -0.1) is 0 Å². The highest BCUT2D eigenvalue weighted by atomic mass is 32.2. The van der Waals surface area contributed by atoms with Crippen molar-refractivity contribution in [1.29, 1.82) is 0 Å². The van der Waals surface area contributed by atoms with Crippen LogP contribution < -0.4 is 10.0 Å². The molecular weight excluding hydrogens is 342 g/mol. The quantitative estimate of drug-likeness (QED) is 0.718. The first-order valence-electron chi connectivity index (χ1n) is 8.64. The third-order valence-electron chi connectivity index (χ3n) is 4.28. The van der Waals surface area contributed by atoms with E-state index in [1.54, 1.807) is 12.4 Å². The van der Waals surface area contributed by atoms with Gasteiger partial charge in [0.2, 0.25) is 15.9 Å². The van der Waals surface area contributed by atoms with Gasteiger partial charge in [-0.2, -0.15) is 0 Å². The monoisotopic (exact) mass is 369 g/mol. The van der Waals surface area contributed by atoms with Crippen molar-refractivity contribution in [2.75, 3.05) is 12.9 Å². The number of hydrogen-bond donors (Lipinski definition) is 2. The van der Waals surface area contributed by atoms with Crippen LogP contribution in [0.4, 0.5) is 0 Å². The Hall–Kier alpha value is -1.51. The van der Waals surface area contributed by atoms with Gasteiger partial charge in [-0.3, -0.25) is 9.78 Å². The maximum atomic E-state index is 12.5. The Bertz CT molecular complexity index is 651. The van der Waals surface area contributed by atoms with E-state index in [0.29, 0.717) is 32.4 Å². The van der Waals surface area contributed by atoms with E-state index in [0.717, 1.165) is 18.2 Å². The molecule has 140 valence electrons. The summed E-state index contributed by atoms with van der Waals surface area (Å²) >= 11 is 0. The number of amides is 1. The van der Waals surface area contributed by atoms with E-state index in [1.807, 2.05) is 19.1 Å². The summed E-state index contributed by atoms with van der Waals surface area (Å²) in [7, 11) is -3.30. The van der Waals surface area contributed by atoms with Gasteiger partial charge in [-0.25, -0.2) is 13.1 Å². The van der Waals surface area contributed by atoms with Gasteiger partial charge in [-0.05, 0) is 43.4 Å². The van der Waals surface area contributed by atoms with Crippen LogP contribution >= 0.6 is 0 Å². The minimum atomic E-state index is -3.30. The molecule has 0 spiro atoms. The van der Waals surface area contributed by atoms with Crippen LogP contribution in [-0.4, -0.2) is 44.3 Å². The van der Waals surface area contributed by atoms with Crippen LogP contribution in [0, 0.1) is 5.92 Å². The summed E-state index contributed by atoms with van der Waals surface area (Å²) < 4.78 is 31.5. The first-order chi connectivity index (χ1) is 11.9. The van der Waals surface area contributed by atoms with Crippen molar-refractivity contribution in [3.63, 3.8) is 0 Å². The smallest absolute Gasteiger partial charge is 0.223 e. The fourth-order valence-corrected chi connectivity index (χ4v) is 3.88. The molecule has 0 bridgehead atoms. The van der Waals surface area contributed by atoms with E-state index >= 15 is 0 Å². The number of nitrogens with one attached hydrogen (secondary N) is 2. The van der Waals surface area contributed by atoms with Crippen LogP contribution in [0.15, 0.2) is 24.5 Å². The van der Waals surface area contributed by atoms with Crippen LogP contribution in [0.1, 0.15) is 38.2 Å². The third-order valence-corrected chi connectivity index (χ3v) is 5.01. The van der Waals surface area contributed by atoms with Crippen molar-refractivity contribution < 1.29 is 17.9 Å². The molecule has 0 radical (unpaired) electrons. The van der Waals surface area contributed by atoms with Gasteiger partial charge in [-0.1, -0.05) is 6.92 Å². The summed E-state index contributed by atoms with van der Waals surface area (Å²) in [6.45, 7) is 3.02. The summed E-state index contributed by atoms with van der Waals surface area (Å²) in [5.74, 6) is -0.180. The molecule has 1 aromatic rings. The molecule has 3 atom stereocenters. The van der Waals surface area contributed by atoms with E-state index in [-0.39, 0.29) is 24.0 Å². The normalized spacial score (nSPS) is 24.0. The van der Waals surface area contributed by atoms with E-state index in [9.17, 15) is 13.2 Å². The molecule has 1 heterocycles. The SMILES string of the molecule is CCCO[C@@H]1C[C@@H](C(=O)NCc2ccncc2)CC[C@H]1NS(C)(=O)=O. The van der Waals surface area contributed by atoms with Crippen molar-refractivity contribution in [3.8, 4) is 0 Å². The van der Waals surface area contributed by atoms with E-state index in [1.165, 1.54) is 0 Å². The zero-order valence-electron chi connectivity index (χ0n) is 14.8. The van der Waals surface area contributed by atoms with Gasteiger partial charge in [0.25, 0.3) is 0 Å². The fourth-order valence-electron chi connectivity index (χ4n) is 3.06. The average molecular weight is 369 g/mol. The standard InChI is InChI=1S/C17H27N3O4S/c1-3-10-24-16-11-14(4-5-15(16)20-25(2,22)23)17(21)19-12-13-6-8-18-9-7-13/h6-9,14-16,20H,3-5,10-12H2,1-2H3,(H,19,21)/t14-,15+,16+/m0/s1. The molecule has 2 N–H and O–H groups in total. The average Bonchev–Trinajstić information content (AvgIpc) is 2.58. The van der Waals surface area contributed by atoms with Gasteiger partial charge < -0.3 is 10.1 Å². The highest BCUT2D eigenvalue weighted by Gasteiger charge is 2.35. The highest BCUT2D eigenvalue weighted by Crippen LogP contribution is 2.28. The number of ether oxygens (including phenoxy) is 1. The maximum Gasteiger partial charge on any atom is 0.223 e. The topological polar surface area (TPSA) is 97.4 Å². The molecule has 0 unspecified atom stereocenters. The largest absolute Gasteiger partial charge is 0.377 e. The molecule has 0 aliphatic heterocycles. The lowest BCUT2D eigenvalue weighted by atomic mass is 9.83. The van der Waals surface area contributed by atoms with Gasteiger partial charge in [0.1, 0.15) is 0 Å². The Labute approximate surface area is 149 Å². The van der Waals surface area contributed by atoms with Gasteiger partial charge in [0, 0.05) is 37.5 Å². The number of rotatable bonds is 8. The summed E-state index contributed by atoms with van der Waals surface area (Å²) in [6.07, 6.45) is 6.86. The minimum absolute atomic E-state index is 0.0142. The summed E-state index contributed by atoms with van der Waals surface area (Å²) in [4.78, 5) is 16.4. The zero-order chi connectivity index (χ0) is 18.3. The Morgan fingerprint density at radius 2 is 2.04 bits per heavy atom. The maximum absolute atomic E-state index is 12.5. The number of hydrogen-bond acceptors (Lipinski definition) is 5. The molecule has 1 aliphatic rings. The van der Waals surface area contributed by atoms with Crippen molar-refractivity contribution in [1.82, 2.24) is 15.0 Å². The zero-order valence-corrected chi connectivity index (χ0v) is 15.6. The van der Waals surface area contributed by atoms with E-state index in [4.69, 9.17) is 4.74 Å². The second-order valence-electron chi connectivity index (χ2n) is 6.49. The highest BCUT2D eigenvalue weighted by molar-refractivity contribution is 7.88. The molecule has 1 amide bonds. The summed E-state index contributed by atoms with van der Waals surface area (Å²) in [6, 6.07) is 3.45. The van der Waals surface area contributed by atoms with Crippen molar-refractivity contribution in [3.05, 3.63) is 30.1 Å². The molecule has 25 heavy (non-hydrogen) atoms. The Balaban J connectivity index is 1.92. The van der Waals surface area contributed by atoms with Crippen LogP contribution in [0.2, 0.25) is 0 Å². The van der Waals surface area contributed by atoms with Crippen molar-refractivity contribution in [2.45, 2.75) is 51.3 Å². The first kappa shape index (κ1) is 19.8. The van der Waals surface area contributed by atoms with E-state index in [2.05, 4.69) is 15.0 Å². The molecule has 8 heteroatoms. The number of pyridine rings is 1. The van der Waals surface area contributed by atoms with Crippen molar-refractivity contribution >= 4 is 15.9 Å². The second kappa shape index (κ2) is 9.26. The molecule has 7 nitrogen and oxygen atoms in total. The fraction of sp³-hybridized carbons (Fsp3) is 0.647. The first-order valence-corrected chi connectivity index (χ1v) is 10.5. The molecular formula is C17H27N3O4S. The van der Waals surface area contributed by atoms with Gasteiger partial charge >= 0.3 is 0 Å². The number of nitrogens with zero attached hydrogens (tertiary/aromatic N) is 1. The second-order valence-corrected chi connectivity index (χ2v) is 8.27. The van der Waals surface area contributed by atoms with Crippen LogP contribution in [0.5, 0.6) is 0 Å². The number of carbonyl (C=O) groups excluding carboxylic acids is 1. The van der Waals surface area contributed by atoms with Gasteiger partial charge in [0.15, 0.2) is 0 Å². The lowest BCUT2D eigenvalue weighted by molar-refractivity contribution is -0.128. The molecule has 1 saturated carbocycles. The molecule has 0 saturated heterocycles. The number of aromatic nitrogens is 1. The van der Waals surface area contributed by atoms with E-state index < -0.39 is 10.0 Å². The lowest BCUT2D eigenvalue weighted by Crippen LogP contribution is -2.49. The van der Waals surface area contributed by atoms with Crippen LogP contribution in [0.25, 0.3) is 0 Å². The molecule has 1 aromatic heterocycles. The molecule has 1 aliphatic carbocycles. The molecule has 0 aromatic carbocycles. The summed E-state index contributed by atoms with van der Waals surface area (Å²) in [5, 5.41) is 2.95. The predicted molar refractivity (Wildman–Crippen MR) is 95.2 cm³/mol. The molecule has 2 rings (SSSR count). The van der Waals surface area contributed by atoms with Crippen LogP contribution in [-0.2, 0) is 26.1 Å². The minimum Gasteiger partial charge on any atom is -0.377 e. The Morgan fingerprint density at radius 3 is 2.68 bits per heavy atom. The number of sulfonamides is 1. The number of carbonyl (C=O) groups is 1. The lowest BCUT2D eigenvalue weighted by Gasteiger charge is -2.35. The van der Waals surface area contributed by atoms with Gasteiger partial charge in [0.05, 0.1) is 12.4 Å². The van der Waals surface area contributed by atoms with Crippen molar-refractivity contribution in [2.24, 2.45) is 5.92 Å². The van der Waals surface area contributed by atoms with Crippen LogP contribution in [0.3, 0.4) is 0 Å². The predicted octanol–water partition coefficient (Wildman–Crippen LogP) is 1.21. The Morgan fingerprint density at radius 1 is 1.32 bits per heavy atom.